The van der Waals surface area contributed by atoms with E-state index in [4.69, 9.17) is 11.6 Å². The molecule has 0 spiro atoms. The number of fused-ring (bicyclic) bond motifs is 1. The second kappa shape index (κ2) is 8.43. The Balaban J connectivity index is 1.55. The van der Waals surface area contributed by atoms with Crippen LogP contribution in [0.3, 0.4) is 0 Å². The summed E-state index contributed by atoms with van der Waals surface area (Å²) >= 11 is 6.68. The van der Waals surface area contributed by atoms with Crippen LogP contribution in [0.2, 0.25) is 4.34 Å². The molecule has 2 amide bonds. The molecule has 0 saturated carbocycles. The molecule has 14 heteroatoms. The van der Waals surface area contributed by atoms with Crippen LogP contribution >= 0.6 is 22.9 Å². The van der Waals surface area contributed by atoms with Gasteiger partial charge in [0.2, 0.25) is 5.95 Å². The number of aromatic nitrogens is 3. The summed E-state index contributed by atoms with van der Waals surface area (Å²) in [5.74, 6) is -0.738. The Labute approximate surface area is 201 Å². The molecular weight excluding hydrogens is 507 g/mol. The van der Waals surface area contributed by atoms with E-state index in [0.717, 1.165) is 23.7 Å². The van der Waals surface area contributed by atoms with Crippen molar-refractivity contribution in [3.05, 3.63) is 69.4 Å². The summed E-state index contributed by atoms with van der Waals surface area (Å²) in [6, 6.07) is 6.10. The molecule has 0 aliphatic rings. The van der Waals surface area contributed by atoms with Crippen molar-refractivity contribution in [1.29, 1.82) is 0 Å². The van der Waals surface area contributed by atoms with Gasteiger partial charge < -0.3 is 5.32 Å². The number of benzene rings is 1. The lowest BCUT2D eigenvalue weighted by Crippen LogP contribution is -2.50. The number of urea groups is 1. The third kappa shape index (κ3) is 4.63. The van der Waals surface area contributed by atoms with Crippen molar-refractivity contribution in [2.24, 2.45) is 0 Å². The Hall–Kier alpha value is -3.39. The van der Waals surface area contributed by atoms with Crippen molar-refractivity contribution in [2.45, 2.75) is 4.21 Å². The van der Waals surface area contributed by atoms with Crippen LogP contribution in [0.5, 0.6) is 0 Å². The summed E-state index contributed by atoms with van der Waals surface area (Å²) < 4.78 is 41.1. The number of nitrogens with zero attached hydrogens (tertiary/aromatic N) is 3. The van der Waals surface area contributed by atoms with Crippen LogP contribution in [0.1, 0.15) is 0 Å². The van der Waals surface area contributed by atoms with Gasteiger partial charge in [-0.15, -0.1) is 11.3 Å². The number of nitrogens with one attached hydrogen (secondary N) is 3. The van der Waals surface area contributed by atoms with Gasteiger partial charge in [0.05, 0.1) is 33.5 Å². The Morgan fingerprint density at radius 2 is 1.94 bits per heavy atom. The fourth-order valence-corrected chi connectivity index (χ4v) is 6.19. The standard InChI is InChI=1S/C20H18ClFN6O4S2/c1-23-15-7-11-5-6-28(18(29)13(11)8-14(15)22)12-9-24-19(25-10-12)26-20(30)27-34(2,31,32)17-4-3-16(21)33-17/h3-10,23H,1-2H3,(H3,24,25,26,27,30,31,32). The molecule has 3 aromatic heterocycles. The third-order valence-corrected chi connectivity index (χ3v) is 8.96. The van der Waals surface area contributed by atoms with Crippen molar-refractivity contribution in [3.63, 3.8) is 0 Å². The smallest absolute Gasteiger partial charge is 0.339 e. The average molecular weight is 525 g/mol. The molecule has 178 valence electrons. The molecule has 0 fully saturated rings. The molecular formula is C20H18ClFN6O4S2. The fraction of sp³-hybridized carbons (Fsp3) is 0.100. The second-order valence-electron chi connectivity index (χ2n) is 7.32. The van der Waals surface area contributed by atoms with Crippen molar-refractivity contribution in [3.8, 4) is 5.69 Å². The number of thiophene rings is 1. The highest BCUT2D eigenvalue weighted by atomic mass is 35.5. The number of halogens is 2. The quantitative estimate of drug-likeness (QED) is 0.312. The molecule has 4 rings (SSSR count). The molecule has 0 radical (unpaired) electrons. The second-order valence-corrected chi connectivity index (χ2v) is 12.5. The predicted molar refractivity (Wildman–Crippen MR) is 131 cm³/mol. The normalized spacial score (nSPS) is 12.7. The van der Waals surface area contributed by atoms with Gasteiger partial charge in [-0.3, -0.25) is 19.2 Å². The first kappa shape index (κ1) is 23.8. The molecule has 0 saturated heterocycles. The monoisotopic (exact) mass is 524 g/mol. The first-order valence-corrected chi connectivity index (χ1v) is 13.1. The molecule has 34 heavy (non-hydrogen) atoms. The summed E-state index contributed by atoms with van der Waals surface area (Å²) in [6.07, 6.45) is 5.02. The highest BCUT2D eigenvalue weighted by molar-refractivity contribution is 8.14. The van der Waals surface area contributed by atoms with E-state index in [1.54, 1.807) is 13.1 Å². The van der Waals surface area contributed by atoms with Crippen LogP contribution in [0.25, 0.3) is 16.5 Å². The maximum Gasteiger partial charge on any atom is 0.339 e. The lowest BCUT2D eigenvalue weighted by Gasteiger charge is -2.37. The van der Waals surface area contributed by atoms with Gasteiger partial charge in [-0.1, -0.05) is 21.1 Å². The van der Waals surface area contributed by atoms with Crippen molar-refractivity contribution in [2.75, 3.05) is 23.9 Å². The van der Waals surface area contributed by atoms with E-state index in [9.17, 15) is 22.7 Å². The predicted octanol–water partition coefficient (Wildman–Crippen LogP) is 3.69. The zero-order chi connectivity index (χ0) is 24.7. The minimum absolute atomic E-state index is 0.0117. The molecule has 0 atom stereocenters. The third-order valence-electron chi connectivity index (χ3n) is 4.76. The Morgan fingerprint density at radius 1 is 1.24 bits per heavy atom. The van der Waals surface area contributed by atoms with Crippen LogP contribution in [0, 0.1) is 5.82 Å². The highest BCUT2D eigenvalue weighted by Gasteiger charge is 2.28. The van der Waals surface area contributed by atoms with Crippen LogP contribution < -0.4 is 20.9 Å². The highest BCUT2D eigenvalue weighted by Crippen LogP contribution is 2.34. The Kier molecular flexibility index (Phi) is 5.89. The van der Waals surface area contributed by atoms with E-state index in [2.05, 4.69) is 20.6 Å². The minimum atomic E-state index is -4.70. The largest absolute Gasteiger partial charge is 0.386 e. The lowest BCUT2D eigenvalue weighted by atomic mass is 10.1. The zero-order valence-corrected chi connectivity index (χ0v) is 20.1. The minimum Gasteiger partial charge on any atom is -0.386 e. The molecule has 0 aliphatic carbocycles. The van der Waals surface area contributed by atoms with Gasteiger partial charge in [0.1, 0.15) is 10.0 Å². The molecule has 4 aromatic rings. The first-order chi connectivity index (χ1) is 15.9. The number of carbonyl (C=O) groups is 1. The number of hydrogen-bond donors (Lipinski definition) is 4. The van der Waals surface area contributed by atoms with E-state index in [-0.39, 0.29) is 26.9 Å². The van der Waals surface area contributed by atoms with E-state index in [1.165, 1.54) is 41.4 Å². The number of anilines is 2. The van der Waals surface area contributed by atoms with Crippen molar-refractivity contribution >= 4 is 60.9 Å². The summed E-state index contributed by atoms with van der Waals surface area (Å²) in [5, 5.41) is 5.71. The molecule has 0 bridgehead atoms. The topological polar surface area (TPSA) is 138 Å². The number of hydrogen-bond acceptors (Lipinski definition) is 7. The lowest BCUT2D eigenvalue weighted by molar-refractivity contribution is 0.255. The number of carbonyl (C=O) groups excluding carboxylic acids is 1. The average Bonchev–Trinajstić information content (AvgIpc) is 3.22. The Morgan fingerprint density at radius 3 is 2.56 bits per heavy atom. The summed E-state index contributed by atoms with van der Waals surface area (Å²) in [6.45, 7) is 0. The maximum atomic E-state index is 14.1. The van der Waals surface area contributed by atoms with Crippen LogP contribution in [0.15, 0.2) is 57.9 Å². The zero-order valence-electron chi connectivity index (χ0n) is 17.7. The van der Waals surface area contributed by atoms with Gasteiger partial charge in [-0.2, -0.15) is 4.21 Å². The van der Waals surface area contributed by atoms with Gasteiger partial charge in [0.15, 0.2) is 0 Å². The van der Waals surface area contributed by atoms with Gasteiger partial charge in [-0.25, -0.2) is 23.9 Å². The molecule has 0 unspecified atom stereocenters. The van der Waals surface area contributed by atoms with Crippen LogP contribution in [-0.4, -0.2) is 42.6 Å². The van der Waals surface area contributed by atoms with Gasteiger partial charge >= 0.3 is 6.03 Å². The van der Waals surface area contributed by atoms with Crippen molar-refractivity contribution < 1.29 is 17.9 Å². The summed E-state index contributed by atoms with van der Waals surface area (Å²) in [7, 11) is -3.12. The summed E-state index contributed by atoms with van der Waals surface area (Å²) in [5.41, 5.74) is 0.0543. The van der Waals surface area contributed by atoms with Crippen molar-refractivity contribution in [1.82, 2.24) is 19.3 Å². The van der Waals surface area contributed by atoms with Crippen LogP contribution in [-0.2, 0) is 9.53 Å². The Bertz CT molecular complexity index is 1550. The van der Waals surface area contributed by atoms with Gasteiger partial charge in [-0.05, 0) is 35.7 Å². The number of amides is 2. The summed E-state index contributed by atoms with van der Waals surface area (Å²) in [4.78, 5) is 33.1. The van der Waals surface area contributed by atoms with Gasteiger partial charge in [0.25, 0.3) is 5.56 Å². The molecule has 4 N–H and O–H groups in total. The molecule has 0 aliphatic heterocycles. The first-order valence-electron chi connectivity index (χ1n) is 9.54. The van der Waals surface area contributed by atoms with Gasteiger partial charge in [0, 0.05) is 19.5 Å². The van der Waals surface area contributed by atoms with E-state index < -0.39 is 26.9 Å². The SMILES string of the molecule is CNc1cc2ccn(-c3cnc(NC(=O)NS(C)(=O)(O)c4ccc(Cl)s4)nc3)c(=O)c2cc1F. The van der Waals surface area contributed by atoms with E-state index >= 15 is 0 Å². The fourth-order valence-electron chi connectivity index (χ4n) is 3.12. The molecule has 1 aromatic carbocycles. The molecule has 10 nitrogen and oxygen atoms in total. The van der Waals surface area contributed by atoms with E-state index in [0.29, 0.717) is 9.72 Å². The number of pyridine rings is 1. The molecule has 3 heterocycles. The maximum absolute atomic E-state index is 14.1. The van der Waals surface area contributed by atoms with E-state index in [1.807, 2.05) is 4.72 Å². The number of rotatable bonds is 5. The van der Waals surface area contributed by atoms with Crippen LogP contribution in [0.4, 0.5) is 20.8 Å².